The summed E-state index contributed by atoms with van der Waals surface area (Å²) in [6.45, 7) is 7.07. The molecular weight excluding hydrogens is 192 g/mol. The molecule has 2 heteroatoms. The van der Waals surface area contributed by atoms with Crippen LogP contribution in [-0.4, -0.2) is 18.5 Å². The van der Waals surface area contributed by atoms with E-state index in [0.717, 1.165) is 12.4 Å². The van der Waals surface area contributed by atoms with Gasteiger partial charge >= 0.3 is 0 Å². The molecule has 0 radical (unpaired) electrons. The van der Waals surface area contributed by atoms with Gasteiger partial charge in [0.2, 0.25) is 0 Å². The van der Waals surface area contributed by atoms with Crippen molar-refractivity contribution in [3.63, 3.8) is 0 Å². The van der Waals surface area contributed by atoms with Crippen molar-refractivity contribution in [2.24, 2.45) is 0 Å². The second kappa shape index (κ2) is 6.10. The summed E-state index contributed by atoms with van der Waals surface area (Å²) in [5, 5.41) is 0. The molecule has 78 valence electrons. The summed E-state index contributed by atoms with van der Waals surface area (Å²) in [6, 6.07) is 8.61. The van der Waals surface area contributed by atoms with Crippen molar-refractivity contribution in [2.75, 3.05) is 12.4 Å². The zero-order chi connectivity index (χ0) is 10.4. The molecule has 1 rings (SSSR count). The molecule has 0 saturated heterocycles. The Hall–Kier alpha value is -0.470. The van der Waals surface area contributed by atoms with E-state index in [1.165, 1.54) is 10.5 Å². The molecule has 0 bridgehead atoms. The van der Waals surface area contributed by atoms with Gasteiger partial charge in [0.15, 0.2) is 0 Å². The first-order valence-electron chi connectivity index (χ1n) is 4.99. The summed E-state index contributed by atoms with van der Waals surface area (Å²) in [5.41, 5.74) is 1.31. The Labute approximate surface area is 90.9 Å². The normalized spacial score (nSPS) is 10.9. The molecule has 0 heterocycles. The second-order valence-electron chi connectivity index (χ2n) is 3.58. The van der Waals surface area contributed by atoms with E-state index in [0.29, 0.717) is 6.10 Å². The minimum Gasteiger partial charge on any atom is -0.378 e. The molecule has 1 aromatic rings. The lowest BCUT2D eigenvalue weighted by Gasteiger charge is -2.06. The third-order valence-electron chi connectivity index (χ3n) is 1.82. The van der Waals surface area contributed by atoms with Gasteiger partial charge < -0.3 is 4.74 Å². The number of rotatable bonds is 5. The van der Waals surface area contributed by atoms with Crippen LogP contribution in [0.1, 0.15) is 19.4 Å². The number of hydrogen-bond acceptors (Lipinski definition) is 2. The van der Waals surface area contributed by atoms with Crippen LogP contribution in [0.5, 0.6) is 0 Å². The predicted molar refractivity (Wildman–Crippen MR) is 63.0 cm³/mol. The van der Waals surface area contributed by atoms with Gasteiger partial charge in [-0.05, 0) is 32.9 Å². The van der Waals surface area contributed by atoms with E-state index in [-0.39, 0.29) is 0 Å². The molecule has 0 unspecified atom stereocenters. The monoisotopic (exact) mass is 210 g/mol. The zero-order valence-corrected chi connectivity index (χ0v) is 9.93. The van der Waals surface area contributed by atoms with Crippen LogP contribution in [0.25, 0.3) is 0 Å². The summed E-state index contributed by atoms with van der Waals surface area (Å²) in [4.78, 5) is 1.32. The number of aryl methyl sites for hydroxylation is 1. The molecule has 0 N–H and O–H groups in total. The fourth-order valence-corrected chi connectivity index (χ4v) is 1.82. The van der Waals surface area contributed by atoms with E-state index in [9.17, 15) is 0 Å². The molecule has 0 saturated carbocycles. The molecule has 0 spiro atoms. The van der Waals surface area contributed by atoms with Gasteiger partial charge in [-0.3, -0.25) is 0 Å². The standard InChI is InChI=1S/C12H18OS/c1-10(2)13-8-9-14-12-6-4-11(3)5-7-12/h4-7,10H,8-9H2,1-3H3. The first-order valence-corrected chi connectivity index (χ1v) is 5.98. The smallest absolute Gasteiger partial charge is 0.0563 e. The van der Waals surface area contributed by atoms with Crippen LogP contribution in [0.15, 0.2) is 29.2 Å². The Morgan fingerprint density at radius 2 is 1.86 bits per heavy atom. The maximum Gasteiger partial charge on any atom is 0.0563 e. The van der Waals surface area contributed by atoms with Crippen LogP contribution in [0.2, 0.25) is 0 Å². The number of thioether (sulfide) groups is 1. The number of ether oxygens (including phenoxy) is 1. The summed E-state index contributed by atoms with van der Waals surface area (Å²) in [5.74, 6) is 1.03. The van der Waals surface area contributed by atoms with E-state index >= 15 is 0 Å². The maximum atomic E-state index is 5.47. The van der Waals surface area contributed by atoms with Crippen molar-refractivity contribution >= 4 is 11.8 Å². The van der Waals surface area contributed by atoms with Crippen LogP contribution in [0.4, 0.5) is 0 Å². The van der Waals surface area contributed by atoms with Gasteiger partial charge in [-0.2, -0.15) is 0 Å². The highest BCUT2D eigenvalue weighted by Crippen LogP contribution is 2.17. The third kappa shape index (κ3) is 4.68. The molecule has 0 amide bonds. The van der Waals surface area contributed by atoms with Gasteiger partial charge in [0.05, 0.1) is 12.7 Å². The fraction of sp³-hybridized carbons (Fsp3) is 0.500. The van der Waals surface area contributed by atoms with Gasteiger partial charge in [0, 0.05) is 10.6 Å². The second-order valence-corrected chi connectivity index (χ2v) is 4.75. The van der Waals surface area contributed by atoms with Crippen molar-refractivity contribution in [2.45, 2.75) is 31.8 Å². The lowest BCUT2D eigenvalue weighted by atomic mass is 10.2. The van der Waals surface area contributed by atoms with E-state index < -0.39 is 0 Å². The van der Waals surface area contributed by atoms with Gasteiger partial charge in [-0.1, -0.05) is 17.7 Å². The highest BCUT2D eigenvalue weighted by molar-refractivity contribution is 7.99. The van der Waals surface area contributed by atoms with Gasteiger partial charge in [0.25, 0.3) is 0 Å². The van der Waals surface area contributed by atoms with Gasteiger partial charge in [0.1, 0.15) is 0 Å². The van der Waals surface area contributed by atoms with Crippen LogP contribution in [0, 0.1) is 6.92 Å². The molecule has 1 aromatic carbocycles. The quantitative estimate of drug-likeness (QED) is 0.543. The molecule has 0 aliphatic carbocycles. The van der Waals surface area contributed by atoms with E-state index in [1.54, 1.807) is 0 Å². The highest BCUT2D eigenvalue weighted by atomic mass is 32.2. The Kier molecular flexibility index (Phi) is 5.05. The SMILES string of the molecule is Cc1ccc(SCCOC(C)C)cc1. The molecule has 0 aliphatic rings. The fourth-order valence-electron chi connectivity index (χ4n) is 1.08. The summed E-state index contributed by atoms with van der Waals surface area (Å²) in [7, 11) is 0. The minimum absolute atomic E-state index is 0.341. The van der Waals surface area contributed by atoms with Crippen molar-refractivity contribution in [1.29, 1.82) is 0 Å². The zero-order valence-electron chi connectivity index (χ0n) is 9.12. The first-order chi connectivity index (χ1) is 6.68. The average molecular weight is 210 g/mol. The van der Waals surface area contributed by atoms with Crippen molar-refractivity contribution in [1.82, 2.24) is 0 Å². The predicted octanol–water partition coefficient (Wildman–Crippen LogP) is 3.51. The van der Waals surface area contributed by atoms with E-state index in [1.807, 2.05) is 11.8 Å². The van der Waals surface area contributed by atoms with Gasteiger partial charge in [-0.25, -0.2) is 0 Å². The number of benzene rings is 1. The van der Waals surface area contributed by atoms with Crippen LogP contribution in [-0.2, 0) is 4.74 Å². The minimum atomic E-state index is 0.341. The molecular formula is C12H18OS. The summed E-state index contributed by atoms with van der Waals surface area (Å²) < 4.78 is 5.47. The largest absolute Gasteiger partial charge is 0.378 e. The molecule has 0 fully saturated rings. The van der Waals surface area contributed by atoms with Crippen LogP contribution >= 0.6 is 11.8 Å². The third-order valence-corrected chi connectivity index (χ3v) is 2.80. The first kappa shape index (κ1) is 11.6. The van der Waals surface area contributed by atoms with Crippen molar-refractivity contribution in [3.05, 3.63) is 29.8 Å². The molecule has 0 atom stereocenters. The van der Waals surface area contributed by atoms with E-state index in [4.69, 9.17) is 4.74 Å². The highest BCUT2D eigenvalue weighted by Gasteiger charge is 1.95. The van der Waals surface area contributed by atoms with E-state index in [2.05, 4.69) is 45.0 Å². The molecule has 0 aliphatic heterocycles. The number of hydrogen-bond donors (Lipinski definition) is 0. The lowest BCUT2D eigenvalue weighted by Crippen LogP contribution is -2.05. The van der Waals surface area contributed by atoms with Crippen LogP contribution < -0.4 is 0 Å². The Balaban J connectivity index is 2.21. The van der Waals surface area contributed by atoms with Crippen LogP contribution in [0.3, 0.4) is 0 Å². The molecule has 0 aromatic heterocycles. The van der Waals surface area contributed by atoms with Gasteiger partial charge in [-0.15, -0.1) is 11.8 Å². The topological polar surface area (TPSA) is 9.23 Å². The Bertz CT molecular complexity index is 254. The molecule has 14 heavy (non-hydrogen) atoms. The van der Waals surface area contributed by atoms with Crippen molar-refractivity contribution < 1.29 is 4.74 Å². The maximum absolute atomic E-state index is 5.47. The Morgan fingerprint density at radius 1 is 1.21 bits per heavy atom. The summed E-state index contributed by atoms with van der Waals surface area (Å²) in [6.07, 6.45) is 0.341. The Morgan fingerprint density at radius 3 is 2.43 bits per heavy atom. The summed E-state index contributed by atoms with van der Waals surface area (Å²) >= 11 is 1.85. The average Bonchev–Trinajstić information content (AvgIpc) is 2.15. The molecule has 1 nitrogen and oxygen atoms in total. The lowest BCUT2D eigenvalue weighted by molar-refractivity contribution is 0.0920. The van der Waals surface area contributed by atoms with Crippen molar-refractivity contribution in [3.8, 4) is 0 Å².